The van der Waals surface area contributed by atoms with Crippen LogP contribution in [0.1, 0.15) is 46.4 Å². The van der Waals surface area contributed by atoms with Crippen molar-refractivity contribution in [1.82, 2.24) is 25.0 Å². The minimum Gasteiger partial charge on any atom is -0.374 e. The molecule has 30 heavy (non-hydrogen) atoms. The molecule has 6 nitrogen and oxygen atoms in total. The first-order valence-corrected chi connectivity index (χ1v) is 10.3. The molecule has 1 atom stereocenters. The first kappa shape index (κ1) is 20.4. The number of aryl methyl sites for hydroxylation is 4. The van der Waals surface area contributed by atoms with Crippen molar-refractivity contribution in [3.05, 3.63) is 81.0 Å². The molecule has 4 aromatic rings. The summed E-state index contributed by atoms with van der Waals surface area (Å²) in [6.07, 6.45) is 2.39. The van der Waals surface area contributed by atoms with Gasteiger partial charge in [-0.2, -0.15) is 0 Å². The highest BCUT2D eigenvalue weighted by Gasteiger charge is 2.39. The van der Waals surface area contributed by atoms with E-state index in [0.717, 1.165) is 40.0 Å². The summed E-state index contributed by atoms with van der Waals surface area (Å²) in [6, 6.07) is 9.49. The second-order valence-electron chi connectivity index (χ2n) is 7.62. The summed E-state index contributed by atoms with van der Waals surface area (Å²) < 4.78 is 1.58. The van der Waals surface area contributed by atoms with Crippen LogP contribution in [-0.4, -0.2) is 30.1 Å². The molecule has 0 saturated heterocycles. The second kappa shape index (κ2) is 7.45. The molecule has 3 aromatic heterocycles. The molecule has 0 amide bonds. The SMILES string of the molecule is CCc1nc2ccc(C(O)(c3ccc(C)nc3C)c3cnnn3C)cc2c(Cl)c1C. The monoisotopic (exact) mass is 421 g/mol. The lowest BCUT2D eigenvalue weighted by atomic mass is 9.82. The third-order valence-electron chi connectivity index (χ3n) is 5.70. The van der Waals surface area contributed by atoms with Crippen LogP contribution in [0.2, 0.25) is 5.02 Å². The molecule has 0 radical (unpaired) electrons. The van der Waals surface area contributed by atoms with E-state index in [2.05, 4.69) is 22.2 Å². The maximum Gasteiger partial charge on any atom is 0.160 e. The average Bonchev–Trinajstić information content (AvgIpc) is 3.16. The number of hydrogen-bond donors (Lipinski definition) is 1. The highest BCUT2D eigenvalue weighted by atomic mass is 35.5. The molecule has 1 N–H and O–H groups in total. The molecular weight excluding hydrogens is 398 g/mol. The molecule has 3 heterocycles. The smallest absolute Gasteiger partial charge is 0.160 e. The van der Waals surface area contributed by atoms with E-state index in [1.165, 1.54) is 0 Å². The molecule has 0 spiro atoms. The quantitative estimate of drug-likeness (QED) is 0.534. The van der Waals surface area contributed by atoms with Crippen molar-refractivity contribution in [3.8, 4) is 0 Å². The largest absolute Gasteiger partial charge is 0.374 e. The maximum absolute atomic E-state index is 12.2. The molecule has 7 heteroatoms. The summed E-state index contributed by atoms with van der Waals surface area (Å²) in [5.41, 5.74) is 4.73. The van der Waals surface area contributed by atoms with Gasteiger partial charge in [0.2, 0.25) is 0 Å². The van der Waals surface area contributed by atoms with Gasteiger partial charge in [-0.05, 0) is 56.5 Å². The predicted octanol–water partition coefficient (Wildman–Crippen LogP) is 4.18. The van der Waals surface area contributed by atoms with Crippen LogP contribution in [0.25, 0.3) is 10.9 Å². The Hall–Kier alpha value is -2.83. The minimum atomic E-state index is -1.50. The molecule has 0 aliphatic heterocycles. The number of halogens is 1. The fourth-order valence-corrected chi connectivity index (χ4v) is 4.32. The van der Waals surface area contributed by atoms with E-state index < -0.39 is 5.60 Å². The van der Waals surface area contributed by atoms with Gasteiger partial charge < -0.3 is 5.11 Å². The summed E-state index contributed by atoms with van der Waals surface area (Å²) in [4.78, 5) is 9.32. The third kappa shape index (κ3) is 3.07. The average molecular weight is 422 g/mol. The fourth-order valence-electron chi connectivity index (χ4n) is 4.06. The van der Waals surface area contributed by atoms with Gasteiger partial charge in [0.15, 0.2) is 5.60 Å². The van der Waals surface area contributed by atoms with E-state index in [1.54, 1.807) is 17.9 Å². The van der Waals surface area contributed by atoms with Gasteiger partial charge in [-0.15, -0.1) is 5.10 Å². The maximum atomic E-state index is 12.2. The van der Waals surface area contributed by atoms with E-state index >= 15 is 0 Å². The zero-order valence-electron chi connectivity index (χ0n) is 17.7. The summed E-state index contributed by atoms with van der Waals surface area (Å²) in [6.45, 7) is 7.86. The lowest BCUT2D eigenvalue weighted by Gasteiger charge is -2.30. The number of aliphatic hydroxyl groups is 1. The van der Waals surface area contributed by atoms with Gasteiger partial charge in [-0.25, -0.2) is 4.68 Å². The normalized spacial score (nSPS) is 13.6. The highest BCUT2D eigenvalue weighted by Crippen LogP contribution is 2.39. The number of aromatic nitrogens is 5. The van der Waals surface area contributed by atoms with Crippen LogP contribution in [0.5, 0.6) is 0 Å². The van der Waals surface area contributed by atoms with Crippen molar-refractivity contribution in [1.29, 1.82) is 0 Å². The highest BCUT2D eigenvalue weighted by molar-refractivity contribution is 6.36. The Kier molecular flexibility index (Phi) is 5.08. The minimum absolute atomic E-state index is 0.543. The first-order chi connectivity index (χ1) is 14.3. The van der Waals surface area contributed by atoms with E-state index in [-0.39, 0.29) is 0 Å². The van der Waals surface area contributed by atoms with Gasteiger partial charge >= 0.3 is 0 Å². The molecule has 0 aliphatic carbocycles. The van der Waals surface area contributed by atoms with Gasteiger partial charge in [0, 0.05) is 35.1 Å². The predicted molar refractivity (Wildman–Crippen MR) is 118 cm³/mol. The second-order valence-corrected chi connectivity index (χ2v) is 8.00. The Bertz CT molecular complexity index is 1270. The van der Waals surface area contributed by atoms with Crippen LogP contribution in [0, 0.1) is 20.8 Å². The Morgan fingerprint density at radius 2 is 1.87 bits per heavy atom. The molecule has 0 aliphatic rings. The number of rotatable bonds is 4. The summed E-state index contributed by atoms with van der Waals surface area (Å²) in [5.74, 6) is 0. The van der Waals surface area contributed by atoms with Crippen molar-refractivity contribution in [2.24, 2.45) is 7.05 Å². The zero-order valence-corrected chi connectivity index (χ0v) is 18.5. The fraction of sp³-hybridized carbons (Fsp3) is 0.304. The van der Waals surface area contributed by atoms with Crippen LogP contribution >= 0.6 is 11.6 Å². The van der Waals surface area contributed by atoms with E-state index in [4.69, 9.17) is 16.6 Å². The number of fused-ring (bicyclic) bond motifs is 1. The van der Waals surface area contributed by atoms with Crippen molar-refractivity contribution in [2.45, 2.75) is 39.7 Å². The van der Waals surface area contributed by atoms with Crippen molar-refractivity contribution >= 4 is 22.5 Å². The standard InChI is InChI=1S/C23H24ClN5O/c1-6-19-14(3)22(24)17-11-16(8-10-20(17)27-19)23(30,21-12-25-28-29(21)5)18-9-7-13(2)26-15(18)4/h7-12,30H,6H2,1-5H3. The summed E-state index contributed by atoms with van der Waals surface area (Å²) >= 11 is 6.72. The topological polar surface area (TPSA) is 76.7 Å². The van der Waals surface area contributed by atoms with Crippen LogP contribution < -0.4 is 0 Å². The molecule has 0 saturated carbocycles. The summed E-state index contributed by atoms with van der Waals surface area (Å²) in [5, 5.41) is 21.7. The van der Waals surface area contributed by atoms with Gasteiger partial charge in [0.05, 0.1) is 22.4 Å². The van der Waals surface area contributed by atoms with Crippen molar-refractivity contribution < 1.29 is 5.11 Å². The Morgan fingerprint density at radius 1 is 1.10 bits per heavy atom. The Morgan fingerprint density at radius 3 is 2.50 bits per heavy atom. The molecule has 1 aromatic carbocycles. The number of nitrogens with zero attached hydrogens (tertiary/aromatic N) is 5. The number of pyridine rings is 2. The van der Waals surface area contributed by atoms with E-state index in [0.29, 0.717) is 21.8 Å². The van der Waals surface area contributed by atoms with E-state index in [1.807, 2.05) is 51.1 Å². The van der Waals surface area contributed by atoms with Gasteiger partial charge in [-0.1, -0.05) is 35.9 Å². The van der Waals surface area contributed by atoms with E-state index in [9.17, 15) is 5.11 Å². The lowest BCUT2D eigenvalue weighted by molar-refractivity contribution is 0.115. The third-order valence-corrected chi connectivity index (χ3v) is 6.19. The van der Waals surface area contributed by atoms with Crippen LogP contribution in [0.3, 0.4) is 0 Å². The number of benzene rings is 1. The van der Waals surface area contributed by atoms with Crippen molar-refractivity contribution in [2.75, 3.05) is 0 Å². The molecular formula is C23H24ClN5O. The molecule has 0 bridgehead atoms. The van der Waals surface area contributed by atoms with Crippen LogP contribution in [-0.2, 0) is 19.1 Å². The Balaban J connectivity index is 2.04. The van der Waals surface area contributed by atoms with Crippen LogP contribution in [0.15, 0.2) is 36.5 Å². The molecule has 0 fully saturated rings. The molecule has 154 valence electrons. The van der Waals surface area contributed by atoms with Crippen molar-refractivity contribution in [3.63, 3.8) is 0 Å². The summed E-state index contributed by atoms with van der Waals surface area (Å²) in [7, 11) is 1.76. The first-order valence-electron chi connectivity index (χ1n) is 9.88. The molecule has 1 unspecified atom stereocenters. The van der Waals surface area contributed by atoms with Gasteiger partial charge in [-0.3, -0.25) is 9.97 Å². The Labute approximate surface area is 180 Å². The molecule has 4 rings (SSSR count). The van der Waals surface area contributed by atoms with Crippen LogP contribution in [0.4, 0.5) is 0 Å². The van der Waals surface area contributed by atoms with Gasteiger partial charge in [0.1, 0.15) is 0 Å². The lowest BCUT2D eigenvalue weighted by Crippen LogP contribution is -2.32. The number of hydrogen-bond acceptors (Lipinski definition) is 5. The zero-order chi connectivity index (χ0) is 21.6. The van der Waals surface area contributed by atoms with Gasteiger partial charge in [0.25, 0.3) is 0 Å².